The van der Waals surface area contributed by atoms with E-state index in [1.165, 1.54) is 11.3 Å². The number of carbonyl (C=O) groups is 1. The minimum Gasteiger partial charge on any atom is -0.496 e. The molecule has 0 spiro atoms. The number of ether oxygens (including phenoxy) is 1. The highest BCUT2D eigenvalue weighted by atomic mass is 32.1. The normalized spacial score (nSPS) is 15.3. The molecule has 1 aliphatic heterocycles. The summed E-state index contributed by atoms with van der Waals surface area (Å²) < 4.78 is 13.9. The van der Waals surface area contributed by atoms with Crippen LogP contribution in [0.1, 0.15) is 38.1 Å². The predicted octanol–water partition coefficient (Wildman–Crippen LogP) is 3.92. The van der Waals surface area contributed by atoms with Gasteiger partial charge >= 0.3 is 0 Å². The number of anilines is 1. The fourth-order valence-corrected chi connectivity index (χ4v) is 6.10. The number of hydrogen-bond acceptors (Lipinski definition) is 7. The van der Waals surface area contributed by atoms with Crippen LogP contribution < -0.4 is 24.5 Å². The number of methoxy groups -OCH3 is 1. The van der Waals surface area contributed by atoms with E-state index in [1.807, 2.05) is 88.3 Å². The Bertz CT molecular complexity index is 1770. The second kappa shape index (κ2) is 10.6. The monoisotopic (exact) mass is 544 g/mol. The van der Waals surface area contributed by atoms with Gasteiger partial charge in [0.2, 0.25) is 0 Å². The van der Waals surface area contributed by atoms with Crippen molar-refractivity contribution in [2.75, 3.05) is 39.2 Å². The molecule has 202 valence electrons. The van der Waals surface area contributed by atoms with Crippen LogP contribution in [0.5, 0.6) is 5.75 Å². The number of likely N-dealkylation sites (N-methyl/N-ethyl adjacent to an activating group) is 1. The van der Waals surface area contributed by atoms with Crippen LogP contribution in [-0.4, -0.2) is 49.7 Å². The summed E-state index contributed by atoms with van der Waals surface area (Å²) in [6.07, 6.45) is 1.74. The molecule has 0 aliphatic carbocycles. The molecule has 0 saturated carbocycles. The lowest BCUT2D eigenvalue weighted by Crippen LogP contribution is -2.43. The lowest BCUT2D eigenvalue weighted by molar-refractivity contribution is -0.127. The number of thiazole rings is 1. The van der Waals surface area contributed by atoms with Gasteiger partial charge in [-0.3, -0.25) is 14.2 Å². The van der Waals surface area contributed by atoms with Crippen LogP contribution in [0.15, 0.2) is 74.0 Å². The summed E-state index contributed by atoms with van der Waals surface area (Å²) in [6.45, 7) is 6.83. The maximum atomic E-state index is 14.1. The number of aromatic nitrogens is 1. The standard InChI is InChI=1S/C30H32N4O4S/c1-7-33(8-2)29(36)25-18(3)31-30-34(28(35)23(39-30)17-20-14-16-24(38-20)32(4)5)27(25)26-21-12-10-9-11-19(21)13-15-22(26)37-6/h9-17,27H,7-8H2,1-6H3/b23-17+/t27-/m0/s1. The van der Waals surface area contributed by atoms with E-state index < -0.39 is 6.04 Å². The van der Waals surface area contributed by atoms with Crippen LogP contribution >= 0.6 is 11.3 Å². The average molecular weight is 545 g/mol. The molecular formula is C30H32N4O4S. The Kier molecular flexibility index (Phi) is 7.18. The minimum absolute atomic E-state index is 0.142. The molecule has 4 aromatic rings. The van der Waals surface area contributed by atoms with E-state index in [4.69, 9.17) is 14.1 Å². The molecular weight excluding hydrogens is 512 g/mol. The number of fused-ring (bicyclic) bond motifs is 2. The smallest absolute Gasteiger partial charge is 0.271 e. The first-order valence-corrected chi connectivity index (χ1v) is 13.7. The maximum Gasteiger partial charge on any atom is 0.271 e. The second-order valence-electron chi connectivity index (χ2n) is 9.53. The molecule has 0 N–H and O–H groups in total. The van der Waals surface area contributed by atoms with Crippen molar-refractivity contribution >= 4 is 40.0 Å². The first-order chi connectivity index (χ1) is 18.8. The van der Waals surface area contributed by atoms with Gasteiger partial charge in [-0.15, -0.1) is 0 Å². The molecule has 1 atom stereocenters. The van der Waals surface area contributed by atoms with E-state index in [0.29, 0.717) is 51.1 Å². The summed E-state index contributed by atoms with van der Waals surface area (Å²) in [5.41, 5.74) is 1.59. The minimum atomic E-state index is -0.716. The summed E-state index contributed by atoms with van der Waals surface area (Å²) in [6, 6.07) is 14.8. The highest BCUT2D eigenvalue weighted by Crippen LogP contribution is 2.40. The zero-order chi connectivity index (χ0) is 27.8. The Morgan fingerprint density at radius 2 is 1.87 bits per heavy atom. The Morgan fingerprint density at radius 3 is 2.54 bits per heavy atom. The summed E-state index contributed by atoms with van der Waals surface area (Å²) in [4.78, 5) is 37.0. The summed E-state index contributed by atoms with van der Waals surface area (Å²) in [5.74, 6) is 1.72. The fraction of sp³-hybridized carbons (Fsp3) is 0.300. The van der Waals surface area contributed by atoms with Crippen molar-refractivity contribution in [3.05, 3.63) is 90.8 Å². The van der Waals surface area contributed by atoms with Crippen molar-refractivity contribution in [2.45, 2.75) is 26.8 Å². The van der Waals surface area contributed by atoms with Crippen molar-refractivity contribution < 1.29 is 13.9 Å². The van der Waals surface area contributed by atoms with Crippen LogP contribution in [0, 0.1) is 0 Å². The van der Waals surface area contributed by atoms with E-state index in [9.17, 15) is 9.59 Å². The summed E-state index contributed by atoms with van der Waals surface area (Å²) in [7, 11) is 5.40. The highest BCUT2D eigenvalue weighted by Gasteiger charge is 2.36. The van der Waals surface area contributed by atoms with Crippen LogP contribution in [-0.2, 0) is 4.79 Å². The first-order valence-electron chi connectivity index (χ1n) is 12.9. The Labute approximate surface area is 230 Å². The molecule has 2 aromatic carbocycles. The summed E-state index contributed by atoms with van der Waals surface area (Å²) >= 11 is 1.28. The van der Waals surface area contributed by atoms with Gasteiger partial charge < -0.3 is 19.0 Å². The van der Waals surface area contributed by atoms with Crippen LogP contribution in [0.4, 0.5) is 5.88 Å². The second-order valence-corrected chi connectivity index (χ2v) is 10.5. The van der Waals surface area contributed by atoms with Gasteiger partial charge in [-0.1, -0.05) is 41.7 Å². The van der Waals surface area contributed by atoms with E-state index in [2.05, 4.69) is 0 Å². The topological polar surface area (TPSA) is 80.3 Å². The van der Waals surface area contributed by atoms with Crippen molar-refractivity contribution in [1.29, 1.82) is 0 Å². The van der Waals surface area contributed by atoms with E-state index in [1.54, 1.807) is 22.7 Å². The van der Waals surface area contributed by atoms with Crippen molar-refractivity contribution in [1.82, 2.24) is 9.47 Å². The number of amides is 1. The van der Waals surface area contributed by atoms with E-state index >= 15 is 0 Å². The van der Waals surface area contributed by atoms with Gasteiger partial charge in [-0.2, -0.15) is 0 Å². The van der Waals surface area contributed by atoms with Crippen molar-refractivity contribution in [2.24, 2.45) is 4.99 Å². The third kappa shape index (κ3) is 4.57. The number of nitrogens with zero attached hydrogens (tertiary/aromatic N) is 4. The predicted molar refractivity (Wildman–Crippen MR) is 155 cm³/mol. The van der Waals surface area contributed by atoms with E-state index in [-0.39, 0.29) is 11.5 Å². The number of hydrogen-bond donors (Lipinski definition) is 0. The molecule has 0 radical (unpaired) electrons. The van der Waals surface area contributed by atoms with Crippen molar-refractivity contribution in [3.8, 4) is 5.75 Å². The number of furan rings is 1. The van der Waals surface area contributed by atoms with Crippen LogP contribution in [0.3, 0.4) is 0 Å². The zero-order valence-corrected chi connectivity index (χ0v) is 23.8. The molecule has 9 heteroatoms. The molecule has 2 aromatic heterocycles. The molecule has 0 saturated heterocycles. The lowest BCUT2D eigenvalue weighted by atomic mass is 9.90. The third-order valence-corrected chi connectivity index (χ3v) is 8.04. The SMILES string of the molecule is CCN(CC)C(=O)C1=C(C)N=c2s/c(=C/c3ccc(N(C)C)o3)c(=O)n2[C@@H]1c1c(OC)ccc2ccccc12. The number of rotatable bonds is 7. The van der Waals surface area contributed by atoms with Crippen molar-refractivity contribution in [3.63, 3.8) is 0 Å². The third-order valence-electron chi connectivity index (χ3n) is 7.05. The first kappa shape index (κ1) is 26.5. The zero-order valence-electron chi connectivity index (χ0n) is 23.0. The molecule has 39 heavy (non-hydrogen) atoms. The number of benzene rings is 2. The molecule has 0 bridgehead atoms. The highest BCUT2D eigenvalue weighted by molar-refractivity contribution is 7.07. The van der Waals surface area contributed by atoms with Gasteiger partial charge in [0.15, 0.2) is 10.7 Å². The Balaban J connectivity index is 1.83. The maximum absolute atomic E-state index is 14.1. The van der Waals surface area contributed by atoms with Gasteiger partial charge in [0.05, 0.1) is 22.9 Å². The molecule has 1 amide bonds. The van der Waals surface area contributed by atoms with Crippen LogP contribution in [0.2, 0.25) is 0 Å². The van der Waals surface area contributed by atoms with Gasteiger partial charge in [-0.25, -0.2) is 4.99 Å². The van der Waals surface area contributed by atoms with Crippen LogP contribution in [0.25, 0.3) is 16.8 Å². The molecule has 0 fully saturated rings. The lowest BCUT2D eigenvalue weighted by Gasteiger charge is -2.30. The average Bonchev–Trinajstić information content (AvgIpc) is 3.52. The van der Waals surface area contributed by atoms with Gasteiger partial charge in [0, 0.05) is 44.9 Å². The quantitative estimate of drug-likeness (QED) is 0.352. The van der Waals surface area contributed by atoms with Gasteiger partial charge in [0.1, 0.15) is 17.6 Å². The summed E-state index contributed by atoms with van der Waals surface area (Å²) in [5, 5.41) is 1.91. The molecule has 8 nitrogen and oxygen atoms in total. The Hall–Kier alpha value is -4.11. The number of allylic oxidation sites excluding steroid dienone is 1. The molecule has 0 unspecified atom stereocenters. The van der Waals surface area contributed by atoms with Gasteiger partial charge in [0.25, 0.3) is 11.5 Å². The molecule has 5 rings (SSSR count). The number of carbonyl (C=O) groups excluding carboxylic acids is 1. The van der Waals surface area contributed by atoms with Gasteiger partial charge in [-0.05, 0) is 43.7 Å². The molecule has 3 heterocycles. The van der Waals surface area contributed by atoms with E-state index in [0.717, 1.165) is 16.3 Å². The molecule has 1 aliphatic rings. The largest absolute Gasteiger partial charge is 0.496 e. The Morgan fingerprint density at radius 1 is 1.13 bits per heavy atom. The fourth-order valence-electron chi connectivity index (χ4n) is 5.07.